The first-order valence-corrected chi connectivity index (χ1v) is 7.58. The van der Waals surface area contributed by atoms with Crippen LogP contribution in [0, 0.1) is 0 Å². The Morgan fingerprint density at radius 3 is 2.55 bits per heavy atom. The number of carboxylic acid groups (broad SMARTS) is 1. The maximum atomic E-state index is 12.5. The molecule has 122 valence electrons. The molecule has 1 amide bonds. The highest BCUT2D eigenvalue weighted by Gasteiger charge is 2.49. The molecule has 0 bridgehead atoms. The number of nitrogens with zero attached hydrogens (tertiary/aromatic N) is 1. The molecule has 1 atom stereocenters. The van der Waals surface area contributed by atoms with Crippen LogP contribution >= 0.6 is 0 Å². The Kier molecular flexibility index (Phi) is 4.34. The number of fused-ring (bicyclic) bond motifs is 1. The topological polar surface area (TPSA) is 83.9 Å². The van der Waals surface area contributed by atoms with Gasteiger partial charge in [-0.3, -0.25) is 4.18 Å². The van der Waals surface area contributed by atoms with Gasteiger partial charge in [0.1, 0.15) is 6.10 Å². The van der Waals surface area contributed by atoms with E-state index in [-0.39, 0.29) is 18.5 Å². The Labute approximate surface area is 124 Å². The smallest absolute Gasteiger partial charge is 0.465 e. The third kappa shape index (κ3) is 3.33. The molecule has 2 rings (SSSR count). The van der Waals surface area contributed by atoms with E-state index in [0.29, 0.717) is 5.56 Å². The van der Waals surface area contributed by atoms with Gasteiger partial charge in [0, 0.05) is 6.54 Å². The lowest BCUT2D eigenvalue weighted by atomic mass is 10.0. The normalized spacial score (nSPS) is 19.4. The van der Waals surface area contributed by atoms with E-state index in [9.17, 15) is 26.4 Å². The predicted molar refractivity (Wildman–Crippen MR) is 68.5 cm³/mol. The molecule has 0 spiro atoms. The number of benzene rings is 1. The van der Waals surface area contributed by atoms with Crippen LogP contribution in [-0.2, 0) is 20.7 Å². The summed E-state index contributed by atoms with van der Waals surface area (Å²) in [6, 6.07) is 6.17. The maximum absolute atomic E-state index is 12.5. The summed E-state index contributed by atoms with van der Waals surface area (Å²) in [5.74, 6) is 0. The summed E-state index contributed by atoms with van der Waals surface area (Å²) in [6.07, 6.45) is -2.64. The van der Waals surface area contributed by atoms with Crippen molar-refractivity contribution in [3.63, 3.8) is 0 Å². The minimum Gasteiger partial charge on any atom is -0.465 e. The average Bonchev–Trinajstić information content (AvgIpc) is 2.57. The second-order valence-corrected chi connectivity index (χ2v) is 6.23. The van der Waals surface area contributed by atoms with Crippen molar-refractivity contribution in [3.8, 4) is 0 Å². The third-order valence-electron chi connectivity index (χ3n) is 3.24. The molecule has 1 aliphatic rings. The van der Waals surface area contributed by atoms with Gasteiger partial charge in [0.25, 0.3) is 0 Å². The summed E-state index contributed by atoms with van der Waals surface area (Å²) in [7, 11) is -5.82. The van der Waals surface area contributed by atoms with Crippen LogP contribution in [-0.4, -0.2) is 43.1 Å². The number of alkyl halides is 3. The lowest BCUT2D eigenvalue weighted by molar-refractivity contribution is -0.0581. The van der Waals surface area contributed by atoms with E-state index in [4.69, 9.17) is 5.11 Å². The van der Waals surface area contributed by atoms with Gasteiger partial charge < -0.3 is 10.0 Å². The SMILES string of the molecule is O=C(O)N1CCc2ccccc2C(OS(=O)(=O)C(F)(F)F)C1. The zero-order chi connectivity index (χ0) is 16.5. The van der Waals surface area contributed by atoms with Crippen LogP contribution in [0.3, 0.4) is 0 Å². The minimum absolute atomic E-state index is 0.0400. The average molecular weight is 339 g/mol. The Balaban J connectivity index is 2.39. The van der Waals surface area contributed by atoms with Crippen molar-refractivity contribution in [2.24, 2.45) is 0 Å². The molecular formula is C12H12F3NO5S. The Hall–Kier alpha value is -1.81. The second kappa shape index (κ2) is 5.76. The van der Waals surface area contributed by atoms with E-state index < -0.39 is 34.4 Å². The summed E-state index contributed by atoms with van der Waals surface area (Å²) >= 11 is 0. The molecule has 1 N–H and O–H groups in total. The Morgan fingerprint density at radius 1 is 1.32 bits per heavy atom. The predicted octanol–water partition coefficient (Wildman–Crippen LogP) is 2.13. The highest BCUT2D eigenvalue weighted by atomic mass is 32.2. The van der Waals surface area contributed by atoms with E-state index >= 15 is 0 Å². The molecule has 0 radical (unpaired) electrons. The van der Waals surface area contributed by atoms with E-state index in [1.807, 2.05) is 0 Å². The van der Waals surface area contributed by atoms with Gasteiger partial charge in [0.15, 0.2) is 0 Å². The molecule has 0 fully saturated rings. The molecule has 1 aromatic carbocycles. The third-order valence-corrected chi connectivity index (χ3v) is 4.29. The molecule has 10 heteroatoms. The first-order chi connectivity index (χ1) is 10.1. The van der Waals surface area contributed by atoms with Crippen molar-refractivity contribution >= 4 is 16.2 Å². The Morgan fingerprint density at radius 2 is 1.95 bits per heavy atom. The summed E-state index contributed by atoms with van der Waals surface area (Å²) < 4.78 is 64.1. The quantitative estimate of drug-likeness (QED) is 0.659. The standard InChI is InChI=1S/C12H12F3NO5S/c13-12(14,15)22(19,20)21-10-7-16(11(17)18)6-5-8-3-1-2-4-9(8)10/h1-4,10H,5-7H2,(H,17,18). The van der Waals surface area contributed by atoms with E-state index in [2.05, 4.69) is 4.18 Å². The minimum atomic E-state index is -5.82. The number of hydrogen-bond acceptors (Lipinski definition) is 4. The monoisotopic (exact) mass is 339 g/mol. The lowest BCUT2D eigenvalue weighted by Gasteiger charge is -2.22. The fourth-order valence-corrected chi connectivity index (χ4v) is 2.76. The van der Waals surface area contributed by atoms with Crippen LogP contribution < -0.4 is 0 Å². The van der Waals surface area contributed by atoms with Crippen molar-refractivity contribution in [1.82, 2.24) is 4.90 Å². The number of hydrogen-bond donors (Lipinski definition) is 1. The van der Waals surface area contributed by atoms with Gasteiger partial charge in [0.2, 0.25) is 0 Å². The molecule has 22 heavy (non-hydrogen) atoms. The molecule has 0 saturated carbocycles. The number of rotatable bonds is 2. The van der Waals surface area contributed by atoms with Crippen molar-refractivity contribution in [3.05, 3.63) is 35.4 Å². The van der Waals surface area contributed by atoms with Crippen molar-refractivity contribution in [1.29, 1.82) is 0 Å². The zero-order valence-corrected chi connectivity index (χ0v) is 11.9. The van der Waals surface area contributed by atoms with Crippen molar-refractivity contribution in [2.75, 3.05) is 13.1 Å². The van der Waals surface area contributed by atoms with Gasteiger partial charge in [-0.2, -0.15) is 21.6 Å². The largest absolute Gasteiger partial charge is 0.523 e. The first kappa shape index (κ1) is 16.6. The van der Waals surface area contributed by atoms with E-state index in [1.165, 1.54) is 12.1 Å². The summed E-state index contributed by atoms with van der Waals surface area (Å²) in [4.78, 5) is 11.9. The summed E-state index contributed by atoms with van der Waals surface area (Å²) in [6.45, 7) is -0.458. The van der Waals surface area contributed by atoms with Crippen LogP contribution in [0.15, 0.2) is 24.3 Å². The van der Waals surface area contributed by atoms with Crippen LogP contribution in [0.1, 0.15) is 17.2 Å². The van der Waals surface area contributed by atoms with Gasteiger partial charge in [-0.25, -0.2) is 4.79 Å². The van der Waals surface area contributed by atoms with Gasteiger partial charge in [0.05, 0.1) is 6.54 Å². The van der Waals surface area contributed by atoms with Crippen molar-refractivity contribution < 1.29 is 35.7 Å². The molecule has 0 aliphatic carbocycles. The second-order valence-electron chi connectivity index (χ2n) is 4.66. The molecule has 1 aromatic rings. The molecule has 1 heterocycles. The molecular weight excluding hydrogens is 327 g/mol. The van der Waals surface area contributed by atoms with Gasteiger partial charge in [-0.05, 0) is 17.5 Å². The molecule has 0 aromatic heterocycles. The van der Waals surface area contributed by atoms with Crippen LogP contribution in [0.2, 0.25) is 0 Å². The summed E-state index contributed by atoms with van der Waals surface area (Å²) in [5.41, 5.74) is -4.78. The molecule has 1 unspecified atom stereocenters. The van der Waals surface area contributed by atoms with E-state index in [1.54, 1.807) is 12.1 Å². The molecule has 0 saturated heterocycles. The van der Waals surface area contributed by atoms with Gasteiger partial charge in [-0.1, -0.05) is 24.3 Å². The zero-order valence-electron chi connectivity index (χ0n) is 11.1. The fourth-order valence-electron chi connectivity index (χ4n) is 2.18. The Bertz CT molecular complexity index is 674. The summed E-state index contributed by atoms with van der Waals surface area (Å²) in [5, 5.41) is 9.02. The highest BCUT2D eigenvalue weighted by Crippen LogP contribution is 2.33. The number of halogens is 3. The molecule has 1 aliphatic heterocycles. The van der Waals surface area contributed by atoms with Gasteiger partial charge >= 0.3 is 21.7 Å². The highest BCUT2D eigenvalue weighted by molar-refractivity contribution is 7.87. The maximum Gasteiger partial charge on any atom is 0.523 e. The molecule has 6 nitrogen and oxygen atoms in total. The van der Waals surface area contributed by atoms with E-state index in [0.717, 1.165) is 4.90 Å². The van der Waals surface area contributed by atoms with Crippen LogP contribution in [0.25, 0.3) is 0 Å². The van der Waals surface area contributed by atoms with Crippen LogP contribution in [0.5, 0.6) is 0 Å². The number of carbonyl (C=O) groups is 1. The van der Waals surface area contributed by atoms with Gasteiger partial charge in [-0.15, -0.1) is 0 Å². The first-order valence-electron chi connectivity index (χ1n) is 6.17. The van der Waals surface area contributed by atoms with Crippen molar-refractivity contribution in [2.45, 2.75) is 18.0 Å². The fraction of sp³-hybridized carbons (Fsp3) is 0.417. The van der Waals surface area contributed by atoms with Crippen LogP contribution in [0.4, 0.5) is 18.0 Å². The number of amides is 1. The lowest BCUT2D eigenvalue weighted by Crippen LogP contribution is -2.36.